The van der Waals surface area contributed by atoms with Crippen LogP contribution in [-0.4, -0.2) is 37.4 Å². The summed E-state index contributed by atoms with van der Waals surface area (Å²) in [7, 11) is 0. The Morgan fingerprint density at radius 3 is 1.55 bits per heavy atom. The molecule has 0 aliphatic heterocycles. The first-order chi connectivity index (χ1) is 21.0. The molecule has 0 aliphatic rings. The van der Waals surface area contributed by atoms with E-state index in [9.17, 15) is 9.59 Å². The van der Waals surface area contributed by atoms with E-state index in [2.05, 4.69) is 84.9 Å². The summed E-state index contributed by atoms with van der Waals surface area (Å²) >= 11 is 0. The van der Waals surface area contributed by atoms with Crippen molar-refractivity contribution in [1.29, 1.82) is 0 Å². The van der Waals surface area contributed by atoms with Gasteiger partial charge in [-0.05, 0) is 80.3 Å². The van der Waals surface area contributed by atoms with E-state index in [0.717, 1.165) is 55.1 Å². The maximum absolute atomic E-state index is 12.1. The van der Waals surface area contributed by atoms with Gasteiger partial charge in [-0.15, -0.1) is 0 Å². The predicted molar refractivity (Wildman–Crippen MR) is 178 cm³/mol. The molecule has 3 atom stereocenters. The Morgan fingerprint density at radius 1 is 0.636 bits per heavy atom. The first kappa shape index (κ1) is 36.9. The molecule has 2 aromatic carbocycles. The van der Waals surface area contributed by atoms with E-state index in [0.29, 0.717) is 18.3 Å². The Balaban J connectivity index is 1.83. The molecule has 0 saturated heterocycles. The monoisotopic (exact) mass is 608 g/mol. The lowest BCUT2D eigenvalue weighted by molar-refractivity contribution is -0.142. The molecule has 2 aromatic rings. The molecule has 0 N–H and O–H groups in total. The lowest BCUT2D eigenvalue weighted by Gasteiger charge is -2.27. The van der Waals surface area contributed by atoms with Gasteiger partial charge in [0, 0.05) is 17.6 Å². The Bertz CT molecular complexity index is 1130. The van der Waals surface area contributed by atoms with Crippen LogP contribution in [0.25, 0.3) is 0 Å². The first-order valence-corrected chi connectivity index (χ1v) is 16.6. The molecule has 244 valence electrons. The SMILES string of the molecule is CCCC(CC)COC(=O)/C=C/C(=O)OCC(C)Oc1ccc(C(C)(C)c2ccc(OC(C)CCC(CC)CC)cc2)cc1. The molecule has 0 amide bonds. The van der Waals surface area contributed by atoms with Crippen molar-refractivity contribution in [3.63, 3.8) is 0 Å². The van der Waals surface area contributed by atoms with Crippen LogP contribution >= 0.6 is 0 Å². The van der Waals surface area contributed by atoms with E-state index in [1.165, 1.54) is 24.8 Å². The van der Waals surface area contributed by atoms with Crippen LogP contribution in [0.1, 0.15) is 111 Å². The van der Waals surface area contributed by atoms with Gasteiger partial charge in [-0.2, -0.15) is 0 Å². The standard InChI is InChI=1S/C38H56O6/c1-9-13-31(12-4)27-42-37(40)25-24-36(39)41-26-29(6)44-35-22-18-33(19-23-35)38(7,8)32-16-20-34(21-17-32)43-28(5)14-15-30(10-2)11-3/h16-25,28-31H,9-15,26-27H2,1-8H3/b25-24+. The number of ether oxygens (including phenoxy) is 4. The Labute approximate surface area is 266 Å². The highest BCUT2D eigenvalue weighted by Crippen LogP contribution is 2.34. The summed E-state index contributed by atoms with van der Waals surface area (Å²) in [5.41, 5.74) is 2.15. The average molecular weight is 609 g/mol. The Hall–Kier alpha value is -3.28. The van der Waals surface area contributed by atoms with Crippen molar-refractivity contribution in [2.75, 3.05) is 13.2 Å². The van der Waals surface area contributed by atoms with Crippen molar-refractivity contribution >= 4 is 11.9 Å². The van der Waals surface area contributed by atoms with Crippen molar-refractivity contribution in [2.24, 2.45) is 11.8 Å². The van der Waals surface area contributed by atoms with E-state index in [1.807, 2.05) is 19.1 Å². The third kappa shape index (κ3) is 12.8. The minimum atomic E-state index is -0.609. The molecule has 0 radical (unpaired) electrons. The summed E-state index contributed by atoms with van der Waals surface area (Å²) in [6, 6.07) is 16.4. The zero-order valence-electron chi connectivity index (χ0n) is 28.4. The van der Waals surface area contributed by atoms with E-state index in [4.69, 9.17) is 18.9 Å². The molecule has 44 heavy (non-hydrogen) atoms. The van der Waals surface area contributed by atoms with Gasteiger partial charge in [0.2, 0.25) is 0 Å². The topological polar surface area (TPSA) is 71.1 Å². The van der Waals surface area contributed by atoms with Crippen LogP contribution in [0.3, 0.4) is 0 Å². The van der Waals surface area contributed by atoms with E-state index in [1.54, 1.807) is 0 Å². The maximum atomic E-state index is 12.1. The van der Waals surface area contributed by atoms with Crippen molar-refractivity contribution in [1.82, 2.24) is 0 Å². The van der Waals surface area contributed by atoms with Crippen molar-refractivity contribution in [3.8, 4) is 11.5 Å². The Kier molecular flexibility index (Phi) is 16.1. The number of carbonyl (C=O) groups excluding carboxylic acids is 2. The molecule has 2 rings (SSSR count). The number of esters is 2. The van der Waals surface area contributed by atoms with Crippen LogP contribution in [0.4, 0.5) is 0 Å². The Morgan fingerprint density at radius 2 is 1.09 bits per heavy atom. The fourth-order valence-electron chi connectivity index (χ4n) is 5.24. The summed E-state index contributed by atoms with van der Waals surface area (Å²) in [6.07, 6.45) is 9.79. The summed E-state index contributed by atoms with van der Waals surface area (Å²) in [6.45, 7) is 17.5. The minimum absolute atomic E-state index is 0.0602. The smallest absolute Gasteiger partial charge is 0.331 e. The molecule has 0 fully saturated rings. The quantitative estimate of drug-likeness (QED) is 0.110. The first-order valence-electron chi connectivity index (χ1n) is 16.6. The van der Waals surface area contributed by atoms with Gasteiger partial charge >= 0.3 is 11.9 Å². The van der Waals surface area contributed by atoms with Crippen molar-refractivity contribution in [3.05, 3.63) is 71.8 Å². The second-order valence-corrected chi connectivity index (χ2v) is 12.4. The van der Waals surface area contributed by atoms with Gasteiger partial charge in [-0.1, -0.05) is 91.5 Å². The third-order valence-corrected chi connectivity index (χ3v) is 8.51. The molecule has 0 saturated carbocycles. The lowest BCUT2D eigenvalue weighted by Crippen LogP contribution is -2.21. The van der Waals surface area contributed by atoms with Crippen LogP contribution in [0.5, 0.6) is 11.5 Å². The molecule has 0 spiro atoms. The highest BCUT2D eigenvalue weighted by molar-refractivity contribution is 5.91. The van der Waals surface area contributed by atoms with Gasteiger partial charge in [0.05, 0.1) is 12.7 Å². The molecule has 0 bridgehead atoms. The van der Waals surface area contributed by atoms with Gasteiger partial charge in [-0.3, -0.25) is 0 Å². The van der Waals surface area contributed by atoms with Crippen molar-refractivity contribution in [2.45, 2.75) is 118 Å². The zero-order valence-corrected chi connectivity index (χ0v) is 28.4. The van der Waals surface area contributed by atoms with E-state index >= 15 is 0 Å². The van der Waals surface area contributed by atoms with E-state index < -0.39 is 11.9 Å². The molecular formula is C38H56O6. The second-order valence-electron chi connectivity index (χ2n) is 12.4. The van der Waals surface area contributed by atoms with Gasteiger partial charge in [0.25, 0.3) is 0 Å². The lowest BCUT2D eigenvalue weighted by atomic mass is 9.78. The second kappa shape index (κ2) is 19.2. The normalized spacial score (nSPS) is 13.8. The molecule has 3 unspecified atom stereocenters. The fourth-order valence-corrected chi connectivity index (χ4v) is 5.24. The maximum Gasteiger partial charge on any atom is 0.331 e. The minimum Gasteiger partial charge on any atom is -0.491 e. The molecule has 6 heteroatoms. The van der Waals surface area contributed by atoms with Gasteiger partial charge < -0.3 is 18.9 Å². The summed E-state index contributed by atoms with van der Waals surface area (Å²) < 4.78 is 22.6. The number of benzene rings is 2. The number of hydrogen-bond acceptors (Lipinski definition) is 6. The number of carbonyl (C=O) groups is 2. The third-order valence-electron chi connectivity index (χ3n) is 8.51. The van der Waals surface area contributed by atoms with Crippen molar-refractivity contribution < 1.29 is 28.5 Å². The van der Waals surface area contributed by atoms with Gasteiger partial charge in [-0.25, -0.2) is 9.59 Å². The summed E-state index contributed by atoms with van der Waals surface area (Å²) in [5.74, 6) is 1.57. The average Bonchev–Trinajstić information content (AvgIpc) is 3.02. The highest BCUT2D eigenvalue weighted by Gasteiger charge is 2.23. The summed E-state index contributed by atoms with van der Waals surface area (Å²) in [4.78, 5) is 24.0. The predicted octanol–water partition coefficient (Wildman–Crippen LogP) is 9.23. The highest BCUT2D eigenvalue weighted by atomic mass is 16.6. The molecule has 0 heterocycles. The van der Waals surface area contributed by atoms with E-state index in [-0.39, 0.29) is 24.2 Å². The van der Waals surface area contributed by atoms with Crippen LogP contribution in [0, 0.1) is 11.8 Å². The molecular weight excluding hydrogens is 552 g/mol. The molecule has 0 aromatic heterocycles. The van der Waals surface area contributed by atoms with Crippen LogP contribution in [0.2, 0.25) is 0 Å². The fraction of sp³-hybridized carbons (Fsp3) is 0.579. The zero-order chi connectivity index (χ0) is 32.5. The number of rotatable bonds is 20. The van der Waals surface area contributed by atoms with Gasteiger partial charge in [0.15, 0.2) is 0 Å². The van der Waals surface area contributed by atoms with Crippen LogP contribution < -0.4 is 9.47 Å². The molecule has 0 aliphatic carbocycles. The van der Waals surface area contributed by atoms with Crippen LogP contribution in [-0.2, 0) is 24.5 Å². The largest absolute Gasteiger partial charge is 0.491 e. The van der Waals surface area contributed by atoms with Gasteiger partial charge in [0.1, 0.15) is 24.2 Å². The van der Waals surface area contributed by atoms with Crippen LogP contribution in [0.15, 0.2) is 60.7 Å². The summed E-state index contributed by atoms with van der Waals surface area (Å²) in [5, 5.41) is 0. The molecule has 6 nitrogen and oxygen atoms in total. The number of hydrogen-bond donors (Lipinski definition) is 0.